The number of H-pyrrole nitrogens is 1. The molecule has 1 aliphatic rings. The average molecular weight is 307 g/mol. The standard InChI is InChI=1S/C13H13N3O4S/c1-5(15-9-8(14)10(17)11(9)18)7-12(20-16-13(7)19)6-3-2-4-21-6/h2-5,8-9,15H,14H2,1H3,(H,16,19). The Morgan fingerprint density at radius 1 is 1.38 bits per heavy atom. The van der Waals surface area contributed by atoms with Gasteiger partial charge in [-0.25, -0.2) is 0 Å². The van der Waals surface area contributed by atoms with Crippen LogP contribution in [0.3, 0.4) is 0 Å². The number of aromatic nitrogens is 1. The average Bonchev–Trinajstić information content (AvgIpc) is 3.12. The van der Waals surface area contributed by atoms with Crippen molar-refractivity contribution < 1.29 is 14.1 Å². The van der Waals surface area contributed by atoms with Gasteiger partial charge in [0, 0.05) is 6.04 Å². The predicted octanol–water partition coefficient (Wildman–Crippen LogP) is 0.195. The molecule has 21 heavy (non-hydrogen) atoms. The number of nitrogens with two attached hydrogens (primary N) is 1. The van der Waals surface area contributed by atoms with E-state index in [-0.39, 0.29) is 5.56 Å². The monoisotopic (exact) mass is 307 g/mol. The van der Waals surface area contributed by atoms with Crippen molar-refractivity contribution in [2.24, 2.45) is 5.73 Å². The normalized spacial score (nSPS) is 23.1. The number of thiophene rings is 1. The van der Waals surface area contributed by atoms with E-state index in [1.165, 1.54) is 11.3 Å². The molecule has 0 aliphatic heterocycles. The second-order valence-electron chi connectivity index (χ2n) is 4.87. The molecule has 0 radical (unpaired) electrons. The molecule has 3 atom stereocenters. The van der Waals surface area contributed by atoms with Gasteiger partial charge < -0.3 is 10.3 Å². The molecule has 1 aliphatic carbocycles. The molecule has 3 unspecified atom stereocenters. The minimum Gasteiger partial charge on any atom is -0.377 e. The molecule has 2 aromatic heterocycles. The van der Waals surface area contributed by atoms with Gasteiger partial charge in [-0.2, -0.15) is 5.16 Å². The van der Waals surface area contributed by atoms with Crippen LogP contribution in [0.25, 0.3) is 10.6 Å². The van der Waals surface area contributed by atoms with Crippen LogP contribution < -0.4 is 16.6 Å². The lowest BCUT2D eigenvalue weighted by atomic mass is 9.83. The molecule has 0 spiro atoms. The van der Waals surface area contributed by atoms with E-state index in [4.69, 9.17) is 10.3 Å². The molecule has 110 valence electrons. The third-order valence-corrected chi connectivity index (χ3v) is 4.40. The zero-order chi connectivity index (χ0) is 15.1. The molecule has 8 heteroatoms. The molecule has 0 amide bonds. The molecule has 1 fully saturated rings. The van der Waals surface area contributed by atoms with Crippen molar-refractivity contribution in [2.75, 3.05) is 0 Å². The molecular formula is C13H13N3O4S. The Morgan fingerprint density at radius 2 is 2.14 bits per heavy atom. The number of hydrogen-bond donors (Lipinski definition) is 3. The SMILES string of the molecule is CC(NC1C(=O)C(=O)C1N)c1c(-c2cccs2)o[nH]c1=O. The highest BCUT2D eigenvalue weighted by molar-refractivity contribution is 7.13. The van der Waals surface area contributed by atoms with Crippen LogP contribution in [0.1, 0.15) is 18.5 Å². The topological polar surface area (TPSA) is 118 Å². The molecule has 0 saturated heterocycles. The summed E-state index contributed by atoms with van der Waals surface area (Å²) in [5.41, 5.74) is 5.60. The van der Waals surface area contributed by atoms with Gasteiger partial charge in [0.1, 0.15) is 0 Å². The van der Waals surface area contributed by atoms with Crippen molar-refractivity contribution >= 4 is 22.9 Å². The first-order valence-corrected chi connectivity index (χ1v) is 7.23. The molecule has 2 aromatic rings. The van der Waals surface area contributed by atoms with Gasteiger partial charge in [-0.15, -0.1) is 11.3 Å². The number of hydrogen-bond acceptors (Lipinski definition) is 7. The van der Waals surface area contributed by atoms with E-state index in [1.54, 1.807) is 6.92 Å². The van der Waals surface area contributed by atoms with E-state index >= 15 is 0 Å². The summed E-state index contributed by atoms with van der Waals surface area (Å²) in [7, 11) is 0. The van der Waals surface area contributed by atoms with Crippen molar-refractivity contribution in [2.45, 2.75) is 25.0 Å². The van der Waals surface area contributed by atoms with Gasteiger partial charge in [-0.3, -0.25) is 19.7 Å². The van der Waals surface area contributed by atoms with E-state index in [0.29, 0.717) is 11.3 Å². The molecule has 3 rings (SSSR count). The summed E-state index contributed by atoms with van der Waals surface area (Å²) >= 11 is 1.43. The Kier molecular flexibility index (Phi) is 3.36. The third kappa shape index (κ3) is 2.17. The van der Waals surface area contributed by atoms with Gasteiger partial charge in [0.25, 0.3) is 5.56 Å². The molecule has 1 saturated carbocycles. The van der Waals surface area contributed by atoms with Crippen LogP contribution in [0.2, 0.25) is 0 Å². The number of Topliss-reactive ketones (excluding diaryl/α,β-unsaturated/α-hetero) is 2. The Bertz CT molecular complexity index is 746. The zero-order valence-corrected chi connectivity index (χ0v) is 11.9. The maximum absolute atomic E-state index is 11.9. The predicted molar refractivity (Wildman–Crippen MR) is 76.0 cm³/mol. The number of carbonyl (C=O) groups excluding carboxylic acids is 2. The van der Waals surface area contributed by atoms with E-state index in [2.05, 4.69) is 10.5 Å². The first-order chi connectivity index (χ1) is 10.0. The number of nitrogens with one attached hydrogen (secondary N) is 2. The number of rotatable bonds is 4. The Hall–Kier alpha value is -2.03. The second-order valence-corrected chi connectivity index (χ2v) is 5.82. The van der Waals surface area contributed by atoms with Crippen LogP contribution in [0, 0.1) is 0 Å². The molecular weight excluding hydrogens is 294 g/mol. The Balaban J connectivity index is 1.87. The summed E-state index contributed by atoms with van der Waals surface area (Å²) in [5.74, 6) is -0.701. The molecule has 2 heterocycles. The highest BCUT2D eigenvalue weighted by Crippen LogP contribution is 2.30. The van der Waals surface area contributed by atoms with E-state index in [0.717, 1.165) is 4.88 Å². The van der Waals surface area contributed by atoms with Gasteiger partial charge in [0.05, 0.1) is 22.5 Å². The smallest absolute Gasteiger partial charge is 0.285 e. The fraction of sp³-hybridized carbons (Fsp3) is 0.308. The van der Waals surface area contributed by atoms with Crippen molar-refractivity contribution in [3.8, 4) is 10.6 Å². The first-order valence-electron chi connectivity index (χ1n) is 6.35. The van der Waals surface area contributed by atoms with Crippen molar-refractivity contribution in [3.05, 3.63) is 33.4 Å². The van der Waals surface area contributed by atoms with E-state index in [1.807, 2.05) is 17.5 Å². The minimum atomic E-state index is -0.851. The lowest BCUT2D eigenvalue weighted by Crippen LogP contribution is -2.68. The van der Waals surface area contributed by atoms with E-state index < -0.39 is 29.7 Å². The van der Waals surface area contributed by atoms with Gasteiger partial charge in [0.15, 0.2) is 5.76 Å². The Morgan fingerprint density at radius 3 is 2.76 bits per heavy atom. The maximum Gasteiger partial charge on any atom is 0.285 e. The van der Waals surface area contributed by atoms with Crippen molar-refractivity contribution in [1.82, 2.24) is 10.5 Å². The van der Waals surface area contributed by atoms with Crippen LogP contribution in [-0.2, 0) is 9.59 Å². The van der Waals surface area contributed by atoms with E-state index in [9.17, 15) is 14.4 Å². The molecule has 7 nitrogen and oxygen atoms in total. The lowest BCUT2D eigenvalue weighted by Gasteiger charge is -2.32. The summed E-state index contributed by atoms with van der Waals surface area (Å²) in [5, 5.41) is 7.09. The highest BCUT2D eigenvalue weighted by atomic mass is 32.1. The van der Waals surface area contributed by atoms with Crippen LogP contribution in [0.15, 0.2) is 26.8 Å². The molecule has 0 aromatic carbocycles. The summed E-state index contributed by atoms with van der Waals surface area (Å²) in [4.78, 5) is 35.4. The van der Waals surface area contributed by atoms with Crippen molar-refractivity contribution in [3.63, 3.8) is 0 Å². The van der Waals surface area contributed by atoms with Crippen LogP contribution in [-0.4, -0.2) is 28.8 Å². The summed E-state index contributed by atoms with van der Waals surface area (Å²) < 4.78 is 5.22. The fourth-order valence-corrected chi connectivity index (χ4v) is 3.08. The van der Waals surface area contributed by atoms with Gasteiger partial charge in [-0.1, -0.05) is 6.07 Å². The summed E-state index contributed by atoms with van der Waals surface area (Å²) in [6, 6.07) is 1.60. The van der Waals surface area contributed by atoms with Gasteiger partial charge >= 0.3 is 0 Å². The van der Waals surface area contributed by atoms with Crippen LogP contribution in [0.4, 0.5) is 0 Å². The number of ketones is 2. The first kappa shape index (κ1) is 13.9. The Labute approximate surface area is 123 Å². The lowest BCUT2D eigenvalue weighted by molar-refractivity contribution is -0.146. The van der Waals surface area contributed by atoms with Crippen molar-refractivity contribution in [1.29, 1.82) is 0 Å². The highest BCUT2D eigenvalue weighted by Gasteiger charge is 2.47. The minimum absolute atomic E-state index is 0.370. The largest absolute Gasteiger partial charge is 0.377 e. The summed E-state index contributed by atoms with van der Waals surface area (Å²) in [6.07, 6.45) is 0. The third-order valence-electron chi connectivity index (χ3n) is 3.53. The second kappa shape index (κ2) is 5.06. The molecule has 4 N–H and O–H groups in total. The molecule has 0 bridgehead atoms. The number of aromatic amines is 1. The number of carbonyl (C=O) groups is 2. The maximum atomic E-state index is 11.9. The fourth-order valence-electron chi connectivity index (χ4n) is 2.36. The summed E-state index contributed by atoms with van der Waals surface area (Å²) in [6.45, 7) is 1.72. The quantitative estimate of drug-likeness (QED) is 0.694. The zero-order valence-electron chi connectivity index (χ0n) is 11.1. The van der Waals surface area contributed by atoms with Gasteiger partial charge in [0.2, 0.25) is 11.6 Å². The van der Waals surface area contributed by atoms with Crippen LogP contribution >= 0.6 is 11.3 Å². The van der Waals surface area contributed by atoms with Crippen LogP contribution in [0.5, 0.6) is 0 Å². The van der Waals surface area contributed by atoms with Gasteiger partial charge in [-0.05, 0) is 18.4 Å².